The molecule has 0 fully saturated rings. The Morgan fingerprint density at radius 2 is 2.03 bits per heavy atom. The van der Waals surface area contributed by atoms with Gasteiger partial charge < -0.3 is 15.4 Å². The highest BCUT2D eigenvalue weighted by atomic mass is 16.5. The van der Waals surface area contributed by atoms with E-state index in [0.29, 0.717) is 30.0 Å². The quantitative estimate of drug-likeness (QED) is 0.688. The zero-order chi connectivity index (χ0) is 20.1. The number of nitrogens with zero attached hydrogens (tertiary/aromatic N) is 1. The average molecular weight is 387 g/mol. The van der Waals surface area contributed by atoms with Crippen LogP contribution in [-0.2, 0) is 17.8 Å². The van der Waals surface area contributed by atoms with Crippen molar-refractivity contribution in [1.29, 1.82) is 0 Å². The lowest BCUT2D eigenvalue weighted by molar-refractivity contribution is -0.116. The fourth-order valence-electron chi connectivity index (χ4n) is 3.22. The van der Waals surface area contributed by atoms with Crippen molar-refractivity contribution in [2.45, 2.75) is 25.9 Å². The molecule has 2 heterocycles. The van der Waals surface area contributed by atoms with Gasteiger partial charge in [0.25, 0.3) is 5.91 Å². The van der Waals surface area contributed by atoms with E-state index in [2.05, 4.69) is 15.6 Å². The lowest BCUT2D eigenvalue weighted by Crippen LogP contribution is -2.13. The van der Waals surface area contributed by atoms with E-state index in [4.69, 9.17) is 4.74 Å². The van der Waals surface area contributed by atoms with E-state index in [-0.39, 0.29) is 11.8 Å². The molecule has 1 aromatic heterocycles. The van der Waals surface area contributed by atoms with Crippen molar-refractivity contribution < 1.29 is 14.3 Å². The second-order valence-electron chi connectivity index (χ2n) is 6.91. The highest BCUT2D eigenvalue weighted by Crippen LogP contribution is 2.26. The van der Waals surface area contributed by atoms with Crippen LogP contribution in [0.25, 0.3) is 0 Å². The molecule has 2 N–H and O–H groups in total. The second-order valence-corrected chi connectivity index (χ2v) is 6.91. The first-order valence-electron chi connectivity index (χ1n) is 9.53. The maximum Gasteiger partial charge on any atom is 0.255 e. The van der Waals surface area contributed by atoms with Gasteiger partial charge in [0.2, 0.25) is 5.91 Å². The van der Waals surface area contributed by atoms with Crippen LogP contribution < -0.4 is 15.4 Å². The normalized spacial score (nSPS) is 13.0. The van der Waals surface area contributed by atoms with Crippen LogP contribution >= 0.6 is 0 Å². The fraction of sp³-hybridized carbons (Fsp3) is 0.174. The van der Waals surface area contributed by atoms with Gasteiger partial charge in [-0.25, -0.2) is 0 Å². The number of carbonyl (C=O) groups excluding carboxylic acids is 2. The maximum atomic E-state index is 12.7. The first-order chi connectivity index (χ1) is 14.2. The van der Waals surface area contributed by atoms with Crippen molar-refractivity contribution in [3.8, 4) is 5.75 Å². The van der Waals surface area contributed by atoms with Crippen LogP contribution in [0.5, 0.6) is 5.75 Å². The Bertz CT molecular complexity index is 1030. The summed E-state index contributed by atoms with van der Waals surface area (Å²) >= 11 is 0. The third-order valence-electron chi connectivity index (χ3n) is 4.72. The minimum atomic E-state index is -0.239. The number of hydrogen-bond acceptors (Lipinski definition) is 4. The number of benzene rings is 2. The van der Waals surface area contributed by atoms with Gasteiger partial charge >= 0.3 is 0 Å². The van der Waals surface area contributed by atoms with Gasteiger partial charge in [-0.3, -0.25) is 14.6 Å². The number of hydrogen-bond donors (Lipinski definition) is 2. The third kappa shape index (κ3) is 4.79. The van der Waals surface area contributed by atoms with E-state index in [1.54, 1.807) is 36.7 Å². The standard InChI is InChI=1S/C23H21N3O3/c27-22-8-2-5-17-9-10-19(13-21(17)26-22)25-23(28)18-6-1-7-20(12-18)29-15-16-4-3-11-24-14-16/h1,3-4,6-7,9-14H,2,5,8,15H2,(H,25,28)(H,26,27). The number of ether oxygens (including phenoxy) is 1. The van der Waals surface area contributed by atoms with Crippen molar-refractivity contribution >= 4 is 23.2 Å². The first-order valence-corrected chi connectivity index (χ1v) is 9.53. The molecular weight excluding hydrogens is 366 g/mol. The highest BCUT2D eigenvalue weighted by Gasteiger charge is 2.14. The zero-order valence-electron chi connectivity index (χ0n) is 15.9. The largest absolute Gasteiger partial charge is 0.489 e. The van der Waals surface area contributed by atoms with Crippen LogP contribution in [0.15, 0.2) is 67.0 Å². The van der Waals surface area contributed by atoms with E-state index in [1.165, 1.54) is 0 Å². The highest BCUT2D eigenvalue weighted by molar-refractivity contribution is 6.05. The number of nitrogens with one attached hydrogen (secondary N) is 2. The Morgan fingerprint density at radius 3 is 2.90 bits per heavy atom. The molecule has 3 aromatic rings. The molecule has 0 saturated heterocycles. The Kier molecular flexibility index (Phi) is 5.52. The van der Waals surface area contributed by atoms with Gasteiger partial charge in [-0.1, -0.05) is 18.2 Å². The molecule has 6 heteroatoms. The van der Waals surface area contributed by atoms with Gasteiger partial charge in [0.15, 0.2) is 0 Å². The molecule has 146 valence electrons. The summed E-state index contributed by atoms with van der Waals surface area (Å²) in [5.41, 5.74) is 3.93. The number of fused-ring (bicyclic) bond motifs is 1. The van der Waals surface area contributed by atoms with Crippen LogP contribution in [0.2, 0.25) is 0 Å². The molecule has 0 aliphatic carbocycles. The average Bonchev–Trinajstić information content (AvgIpc) is 2.93. The number of aromatic nitrogens is 1. The predicted octanol–water partition coefficient (Wildman–Crippen LogP) is 4.19. The molecule has 29 heavy (non-hydrogen) atoms. The van der Waals surface area contributed by atoms with Crippen LogP contribution in [0, 0.1) is 0 Å². The third-order valence-corrected chi connectivity index (χ3v) is 4.72. The summed E-state index contributed by atoms with van der Waals surface area (Å²) < 4.78 is 5.77. The minimum Gasteiger partial charge on any atom is -0.489 e. The monoisotopic (exact) mass is 387 g/mol. The maximum absolute atomic E-state index is 12.7. The lowest BCUT2D eigenvalue weighted by Gasteiger charge is -2.11. The van der Waals surface area contributed by atoms with Crippen molar-refractivity contribution in [2.24, 2.45) is 0 Å². The molecule has 0 bridgehead atoms. The van der Waals surface area contributed by atoms with Crippen molar-refractivity contribution in [3.05, 3.63) is 83.7 Å². The topological polar surface area (TPSA) is 80.3 Å². The number of anilines is 2. The molecule has 0 unspecified atom stereocenters. The smallest absolute Gasteiger partial charge is 0.255 e. The van der Waals surface area contributed by atoms with Crippen LogP contribution in [0.1, 0.15) is 34.3 Å². The van der Waals surface area contributed by atoms with E-state index < -0.39 is 0 Å². The molecule has 0 radical (unpaired) electrons. The second kappa shape index (κ2) is 8.56. The SMILES string of the molecule is O=C1CCCc2ccc(NC(=O)c3cccc(OCc4cccnc4)c3)cc2N1. The number of amides is 2. The summed E-state index contributed by atoms with van der Waals surface area (Å²) in [5.74, 6) is 0.373. The van der Waals surface area contributed by atoms with E-state index >= 15 is 0 Å². The fourth-order valence-corrected chi connectivity index (χ4v) is 3.22. The van der Waals surface area contributed by atoms with Crippen LogP contribution in [-0.4, -0.2) is 16.8 Å². The Labute approximate surface area is 168 Å². The number of pyridine rings is 1. The van der Waals surface area contributed by atoms with Gasteiger partial charge in [-0.2, -0.15) is 0 Å². The first kappa shape index (κ1) is 18.7. The molecule has 0 saturated carbocycles. The van der Waals surface area contributed by atoms with Crippen molar-refractivity contribution in [2.75, 3.05) is 10.6 Å². The molecule has 2 aromatic carbocycles. The molecule has 1 aliphatic heterocycles. The minimum absolute atomic E-state index is 0.00527. The van der Waals surface area contributed by atoms with Gasteiger partial charge in [-0.05, 0) is 54.8 Å². The summed E-state index contributed by atoms with van der Waals surface area (Å²) in [6, 6.07) is 16.4. The van der Waals surface area contributed by atoms with Crippen LogP contribution in [0.4, 0.5) is 11.4 Å². The molecule has 2 amide bonds. The van der Waals surface area contributed by atoms with E-state index in [1.807, 2.05) is 30.3 Å². The summed E-state index contributed by atoms with van der Waals surface area (Å²) in [6.45, 7) is 0.378. The van der Waals surface area contributed by atoms with E-state index in [9.17, 15) is 9.59 Å². The molecule has 4 rings (SSSR count). The zero-order valence-corrected chi connectivity index (χ0v) is 15.9. The molecule has 0 atom stereocenters. The van der Waals surface area contributed by atoms with Crippen molar-refractivity contribution in [1.82, 2.24) is 4.98 Å². The number of rotatable bonds is 5. The summed E-state index contributed by atoms with van der Waals surface area (Å²) in [5, 5.41) is 5.79. The summed E-state index contributed by atoms with van der Waals surface area (Å²) in [6.07, 6.45) is 5.65. The van der Waals surface area contributed by atoms with Gasteiger partial charge in [0.1, 0.15) is 12.4 Å². The molecule has 1 aliphatic rings. The van der Waals surface area contributed by atoms with Gasteiger partial charge in [0.05, 0.1) is 0 Å². The van der Waals surface area contributed by atoms with Gasteiger partial charge in [-0.15, -0.1) is 0 Å². The summed E-state index contributed by atoms with van der Waals surface area (Å²) in [7, 11) is 0. The van der Waals surface area contributed by atoms with Gasteiger partial charge in [0, 0.05) is 41.3 Å². The molecule has 0 spiro atoms. The van der Waals surface area contributed by atoms with Crippen LogP contribution in [0.3, 0.4) is 0 Å². The molecule has 6 nitrogen and oxygen atoms in total. The summed E-state index contributed by atoms with van der Waals surface area (Å²) in [4.78, 5) is 28.5. The Balaban J connectivity index is 1.44. The number of carbonyl (C=O) groups is 2. The lowest BCUT2D eigenvalue weighted by atomic mass is 10.1. The Hall–Kier alpha value is -3.67. The Morgan fingerprint density at radius 1 is 1.10 bits per heavy atom. The number of aryl methyl sites for hydroxylation is 1. The molecular formula is C23H21N3O3. The predicted molar refractivity (Wildman–Crippen MR) is 111 cm³/mol. The van der Waals surface area contributed by atoms with Crippen molar-refractivity contribution in [3.63, 3.8) is 0 Å². The van der Waals surface area contributed by atoms with E-state index in [0.717, 1.165) is 29.7 Å².